The van der Waals surface area contributed by atoms with E-state index in [1.807, 2.05) is 61.5 Å². The van der Waals surface area contributed by atoms with Crippen LogP contribution in [0.4, 0.5) is 5.69 Å². The second-order valence-electron chi connectivity index (χ2n) is 8.19. The topological polar surface area (TPSA) is 65.3 Å². The molecule has 0 saturated carbocycles. The van der Waals surface area contributed by atoms with Gasteiger partial charge in [0.15, 0.2) is 16.7 Å². The van der Waals surface area contributed by atoms with Crippen LogP contribution in [0.2, 0.25) is 0 Å². The smallest absolute Gasteiger partial charge is 0.266 e. The molecule has 1 amide bonds. The largest absolute Gasteiger partial charge is 0.454 e. The first-order valence-corrected chi connectivity index (χ1v) is 12.4. The molecular weight excluding hydrogens is 462 g/mol. The molecule has 180 valence electrons. The van der Waals surface area contributed by atoms with Gasteiger partial charge in [0, 0.05) is 29.7 Å². The zero-order valence-corrected chi connectivity index (χ0v) is 20.8. The summed E-state index contributed by atoms with van der Waals surface area (Å²) in [5.41, 5.74) is 4.89. The molecule has 0 bridgehead atoms. The fraction of sp³-hybridized carbons (Fsp3) is 0.259. The van der Waals surface area contributed by atoms with Crippen LogP contribution in [-0.4, -0.2) is 47.1 Å². The zero-order valence-electron chi connectivity index (χ0n) is 20.0. The molecule has 1 saturated heterocycles. The van der Waals surface area contributed by atoms with E-state index in [0.29, 0.717) is 29.8 Å². The van der Waals surface area contributed by atoms with E-state index in [2.05, 4.69) is 24.5 Å². The molecule has 3 aromatic rings. The molecule has 2 aliphatic rings. The van der Waals surface area contributed by atoms with Gasteiger partial charge in [-0.2, -0.15) is 0 Å². The summed E-state index contributed by atoms with van der Waals surface area (Å²) in [6, 6.07) is 17.7. The minimum atomic E-state index is -0.0581. The van der Waals surface area contributed by atoms with Crippen LogP contribution in [0.1, 0.15) is 23.9 Å². The number of rotatable bonds is 7. The molecular formula is C27H27N3O4S. The molecule has 5 rings (SSSR count). The van der Waals surface area contributed by atoms with Crippen molar-refractivity contribution in [2.24, 2.45) is 4.99 Å². The summed E-state index contributed by atoms with van der Waals surface area (Å²) in [4.78, 5) is 20.5. The Kier molecular flexibility index (Phi) is 6.66. The summed E-state index contributed by atoms with van der Waals surface area (Å²) in [7, 11) is 0. The van der Waals surface area contributed by atoms with Gasteiger partial charge in [-0.25, -0.2) is 4.99 Å². The standard InChI is InChI=1S/C27H27N3O4S/c1-4-32-13-12-29-26(31)25(35-27(29)28-21-8-6-5-7-9-21)15-20-14-18(2)30(19(20)3)22-10-11-23-24(16-22)34-17-33-23/h5-11,14-16H,4,12-13,17H2,1-3H3/b25-15-,28-27?. The van der Waals surface area contributed by atoms with E-state index in [4.69, 9.17) is 19.2 Å². The van der Waals surface area contributed by atoms with Crippen molar-refractivity contribution < 1.29 is 19.0 Å². The van der Waals surface area contributed by atoms with Crippen LogP contribution in [0, 0.1) is 13.8 Å². The van der Waals surface area contributed by atoms with Crippen LogP contribution in [0.3, 0.4) is 0 Å². The lowest BCUT2D eigenvalue weighted by Gasteiger charge is -2.15. The van der Waals surface area contributed by atoms with E-state index in [1.54, 1.807) is 4.90 Å². The lowest BCUT2D eigenvalue weighted by Crippen LogP contribution is -2.32. The van der Waals surface area contributed by atoms with E-state index >= 15 is 0 Å². The SMILES string of the molecule is CCOCCN1C(=O)/C(=C/c2cc(C)n(-c3ccc4c(c3)OCO4)c2C)SC1=Nc1ccccc1. The van der Waals surface area contributed by atoms with Gasteiger partial charge in [0.05, 0.1) is 23.7 Å². The maximum Gasteiger partial charge on any atom is 0.266 e. The van der Waals surface area contributed by atoms with E-state index in [0.717, 1.165) is 39.8 Å². The molecule has 0 unspecified atom stereocenters. The van der Waals surface area contributed by atoms with Gasteiger partial charge < -0.3 is 18.8 Å². The number of hydrogen-bond acceptors (Lipinski definition) is 6. The summed E-state index contributed by atoms with van der Waals surface area (Å²) in [6.07, 6.45) is 1.96. The van der Waals surface area contributed by atoms with Crippen molar-refractivity contribution in [1.82, 2.24) is 9.47 Å². The van der Waals surface area contributed by atoms with E-state index < -0.39 is 0 Å². The van der Waals surface area contributed by atoms with Gasteiger partial charge in [0.25, 0.3) is 5.91 Å². The Hall–Kier alpha value is -3.49. The Morgan fingerprint density at radius 2 is 1.89 bits per heavy atom. The van der Waals surface area contributed by atoms with Gasteiger partial charge in [0.1, 0.15) is 0 Å². The van der Waals surface area contributed by atoms with E-state index in [-0.39, 0.29) is 12.7 Å². The predicted molar refractivity (Wildman–Crippen MR) is 139 cm³/mol. The summed E-state index contributed by atoms with van der Waals surface area (Å²) in [6.45, 7) is 7.82. The van der Waals surface area contributed by atoms with Gasteiger partial charge in [-0.15, -0.1) is 0 Å². The lowest BCUT2D eigenvalue weighted by molar-refractivity contribution is -0.122. The second-order valence-corrected chi connectivity index (χ2v) is 9.20. The molecule has 2 aliphatic heterocycles. The minimum Gasteiger partial charge on any atom is -0.454 e. The van der Waals surface area contributed by atoms with Crippen molar-refractivity contribution in [3.05, 3.63) is 76.5 Å². The number of benzene rings is 2. The summed E-state index contributed by atoms with van der Waals surface area (Å²) < 4.78 is 18.7. The summed E-state index contributed by atoms with van der Waals surface area (Å²) in [5, 5.41) is 0.664. The molecule has 0 aliphatic carbocycles. The summed E-state index contributed by atoms with van der Waals surface area (Å²) >= 11 is 1.40. The van der Waals surface area contributed by atoms with Gasteiger partial charge >= 0.3 is 0 Å². The molecule has 3 heterocycles. The normalized spacial score (nSPS) is 17.2. The Morgan fingerprint density at radius 3 is 2.69 bits per heavy atom. The number of amides is 1. The maximum atomic E-state index is 13.4. The summed E-state index contributed by atoms with van der Waals surface area (Å²) in [5.74, 6) is 1.43. The molecule has 2 aromatic carbocycles. The Labute approximate surface area is 209 Å². The Bertz CT molecular complexity index is 1310. The highest BCUT2D eigenvalue weighted by atomic mass is 32.2. The van der Waals surface area contributed by atoms with Crippen molar-refractivity contribution in [3.63, 3.8) is 0 Å². The highest BCUT2D eigenvalue weighted by Crippen LogP contribution is 2.37. The number of carbonyl (C=O) groups excluding carboxylic acids is 1. The monoisotopic (exact) mass is 489 g/mol. The number of para-hydroxylation sites is 1. The average Bonchev–Trinajstić information content (AvgIpc) is 3.52. The lowest BCUT2D eigenvalue weighted by atomic mass is 10.2. The molecule has 1 fully saturated rings. The van der Waals surface area contributed by atoms with Crippen LogP contribution in [-0.2, 0) is 9.53 Å². The highest BCUT2D eigenvalue weighted by molar-refractivity contribution is 8.18. The number of hydrogen-bond donors (Lipinski definition) is 0. The number of thioether (sulfide) groups is 1. The van der Waals surface area contributed by atoms with Crippen molar-refractivity contribution in [2.75, 3.05) is 26.6 Å². The molecule has 0 atom stereocenters. The van der Waals surface area contributed by atoms with E-state index in [1.165, 1.54) is 11.8 Å². The average molecular weight is 490 g/mol. The molecule has 0 N–H and O–H groups in total. The highest BCUT2D eigenvalue weighted by Gasteiger charge is 2.33. The van der Waals surface area contributed by atoms with Crippen LogP contribution in [0.15, 0.2) is 64.5 Å². The number of aliphatic imine (C=N–C) groups is 1. The number of aryl methyl sites for hydroxylation is 1. The fourth-order valence-electron chi connectivity index (χ4n) is 4.20. The Morgan fingerprint density at radius 1 is 1.09 bits per heavy atom. The number of carbonyl (C=O) groups is 1. The quantitative estimate of drug-likeness (QED) is 0.326. The predicted octanol–water partition coefficient (Wildman–Crippen LogP) is 5.46. The third kappa shape index (κ3) is 4.72. The van der Waals surface area contributed by atoms with Crippen molar-refractivity contribution >= 4 is 34.6 Å². The first-order chi connectivity index (χ1) is 17.0. The van der Waals surface area contributed by atoms with Gasteiger partial charge in [-0.1, -0.05) is 18.2 Å². The molecule has 0 radical (unpaired) electrons. The fourth-order valence-corrected chi connectivity index (χ4v) is 5.21. The molecule has 7 nitrogen and oxygen atoms in total. The first kappa shape index (κ1) is 23.3. The van der Waals surface area contributed by atoms with E-state index in [9.17, 15) is 4.79 Å². The van der Waals surface area contributed by atoms with Crippen molar-refractivity contribution in [1.29, 1.82) is 0 Å². The van der Waals surface area contributed by atoms with Crippen molar-refractivity contribution in [3.8, 4) is 17.2 Å². The molecule has 1 aromatic heterocycles. The van der Waals surface area contributed by atoms with Gasteiger partial charge in [-0.05, 0) is 74.5 Å². The van der Waals surface area contributed by atoms with Gasteiger partial charge in [-0.3, -0.25) is 9.69 Å². The Balaban J connectivity index is 1.47. The third-order valence-electron chi connectivity index (χ3n) is 5.90. The van der Waals surface area contributed by atoms with Crippen LogP contribution in [0.5, 0.6) is 11.5 Å². The number of nitrogens with zero attached hydrogens (tertiary/aromatic N) is 3. The molecule has 0 spiro atoms. The number of aromatic nitrogens is 1. The van der Waals surface area contributed by atoms with Crippen molar-refractivity contribution in [2.45, 2.75) is 20.8 Å². The first-order valence-electron chi connectivity index (χ1n) is 11.6. The third-order valence-corrected chi connectivity index (χ3v) is 6.91. The van der Waals surface area contributed by atoms with Gasteiger partial charge in [0.2, 0.25) is 6.79 Å². The number of amidine groups is 1. The molecule has 35 heavy (non-hydrogen) atoms. The molecule has 8 heteroatoms. The maximum absolute atomic E-state index is 13.4. The minimum absolute atomic E-state index is 0.0581. The van der Waals surface area contributed by atoms with Crippen LogP contribution >= 0.6 is 11.8 Å². The second kappa shape index (κ2) is 10.0. The van der Waals surface area contributed by atoms with Crippen LogP contribution in [0.25, 0.3) is 11.8 Å². The number of ether oxygens (including phenoxy) is 3. The number of fused-ring (bicyclic) bond motifs is 1. The van der Waals surface area contributed by atoms with Crippen LogP contribution < -0.4 is 9.47 Å². The zero-order chi connectivity index (χ0) is 24.4.